The van der Waals surface area contributed by atoms with Crippen LogP contribution in [0.3, 0.4) is 0 Å². The Balaban J connectivity index is 2.38. The van der Waals surface area contributed by atoms with Gasteiger partial charge in [0, 0.05) is 6.04 Å². The van der Waals surface area contributed by atoms with Gasteiger partial charge in [-0.3, -0.25) is 0 Å². The number of halogens is 4. The van der Waals surface area contributed by atoms with E-state index in [2.05, 4.69) is 4.74 Å². The number of nitrogens with two attached hydrogens (primary N) is 1. The van der Waals surface area contributed by atoms with Gasteiger partial charge in [0.15, 0.2) is 0 Å². The largest absolute Gasteiger partial charge is 0.394 e. The van der Waals surface area contributed by atoms with Crippen LogP contribution >= 0.6 is 0 Å². The molecule has 0 radical (unpaired) electrons. The molecule has 0 aliphatic heterocycles. The first-order valence-electron chi connectivity index (χ1n) is 5.02. The fraction of sp³-hybridized carbons (Fsp3) is 1.00. The van der Waals surface area contributed by atoms with Crippen LogP contribution in [0.4, 0.5) is 17.6 Å². The molecule has 0 aromatic rings. The summed E-state index contributed by atoms with van der Waals surface area (Å²) in [7, 11) is 0. The van der Waals surface area contributed by atoms with E-state index < -0.39 is 37.7 Å². The maximum absolute atomic E-state index is 12.5. The van der Waals surface area contributed by atoms with Gasteiger partial charge in [-0.2, -0.15) is 8.78 Å². The minimum atomic E-state index is -4.20. The van der Waals surface area contributed by atoms with Crippen molar-refractivity contribution in [2.75, 3.05) is 13.2 Å². The maximum Gasteiger partial charge on any atom is 0.330 e. The van der Waals surface area contributed by atoms with Crippen LogP contribution in [0.2, 0.25) is 0 Å². The molecule has 16 heavy (non-hydrogen) atoms. The van der Waals surface area contributed by atoms with E-state index in [-0.39, 0.29) is 5.92 Å². The number of aliphatic hydroxyl groups is 1. The lowest BCUT2D eigenvalue weighted by Gasteiger charge is -2.24. The molecule has 1 aliphatic carbocycles. The number of hydrogen-bond acceptors (Lipinski definition) is 3. The first-order valence-corrected chi connectivity index (χ1v) is 5.02. The molecule has 0 aromatic heterocycles. The van der Waals surface area contributed by atoms with Gasteiger partial charge in [0.1, 0.15) is 6.61 Å². The van der Waals surface area contributed by atoms with Gasteiger partial charge in [0.2, 0.25) is 0 Å². The smallest absolute Gasteiger partial charge is 0.330 e. The summed E-state index contributed by atoms with van der Waals surface area (Å²) in [5, 5.41) is 8.87. The van der Waals surface area contributed by atoms with Crippen molar-refractivity contribution in [3.05, 3.63) is 0 Å². The predicted molar refractivity (Wildman–Crippen MR) is 48.5 cm³/mol. The van der Waals surface area contributed by atoms with Crippen molar-refractivity contribution in [1.29, 1.82) is 0 Å². The van der Waals surface area contributed by atoms with Gasteiger partial charge in [0.25, 0.3) is 0 Å². The highest BCUT2D eigenvalue weighted by atomic mass is 19.3. The Kier molecular flexibility index (Phi) is 4.52. The van der Waals surface area contributed by atoms with Gasteiger partial charge < -0.3 is 15.6 Å². The summed E-state index contributed by atoms with van der Waals surface area (Å²) in [5.41, 5.74) is 5.62. The lowest BCUT2D eigenvalue weighted by molar-refractivity contribution is -0.181. The van der Waals surface area contributed by atoms with Crippen LogP contribution in [0.15, 0.2) is 0 Å². The van der Waals surface area contributed by atoms with Crippen LogP contribution in [-0.2, 0) is 4.74 Å². The molecule has 0 heterocycles. The zero-order valence-electron chi connectivity index (χ0n) is 8.58. The third-order valence-electron chi connectivity index (χ3n) is 2.58. The molecule has 2 unspecified atom stereocenters. The van der Waals surface area contributed by atoms with Crippen molar-refractivity contribution in [2.24, 2.45) is 11.7 Å². The average Bonchev–Trinajstić information content (AvgIpc) is 3.01. The third kappa shape index (κ3) is 3.57. The average molecular weight is 245 g/mol. The summed E-state index contributed by atoms with van der Waals surface area (Å²) in [5.74, 6) is -4.06. The summed E-state index contributed by atoms with van der Waals surface area (Å²) in [6, 6.07) is -0.571. The first-order chi connectivity index (χ1) is 7.38. The van der Waals surface area contributed by atoms with Crippen LogP contribution in [0.5, 0.6) is 0 Å². The number of aliphatic hydroxyl groups excluding tert-OH is 1. The van der Waals surface area contributed by atoms with Crippen molar-refractivity contribution in [1.82, 2.24) is 0 Å². The normalized spacial score (nSPS) is 21.2. The molecule has 0 amide bonds. The number of alkyl halides is 4. The van der Waals surface area contributed by atoms with Gasteiger partial charge in [-0.1, -0.05) is 0 Å². The molecule has 1 rings (SSSR count). The van der Waals surface area contributed by atoms with Crippen LogP contribution in [0.1, 0.15) is 12.8 Å². The van der Waals surface area contributed by atoms with Gasteiger partial charge in [-0.25, -0.2) is 8.78 Å². The molecule has 0 saturated heterocycles. The van der Waals surface area contributed by atoms with E-state index in [4.69, 9.17) is 10.8 Å². The Morgan fingerprint density at radius 1 is 1.38 bits per heavy atom. The fourth-order valence-electron chi connectivity index (χ4n) is 1.35. The lowest BCUT2D eigenvalue weighted by Crippen LogP contribution is -2.44. The van der Waals surface area contributed by atoms with Crippen LogP contribution in [0, 0.1) is 5.92 Å². The molecule has 1 fully saturated rings. The molecule has 7 heteroatoms. The van der Waals surface area contributed by atoms with E-state index in [9.17, 15) is 17.6 Å². The quantitative estimate of drug-likeness (QED) is 0.658. The molecule has 96 valence electrons. The van der Waals surface area contributed by atoms with Gasteiger partial charge in [-0.15, -0.1) is 0 Å². The van der Waals surface area contributed by atoms with Crippen molar-refractivity contribution in [3.63, 3.8) is 0 Å². The van der Waals surface area contributed by atoms with Crippen LogP contribution in [-0.4, -0.2) is 42.8 Å². The Labute approximate surface area is 90.6 Å². The van der Waals surface area contributed by atoms with Crippen LogP contribution in [0.25, 0.3) is 0 Å². The van der Waals surface area contributed by atoms with Gasteiger partial charge in [-0.05, 0) is 18.8 Å². The molecule has 2 atom stereocenters. The molecule has 0 spiro atoms. The number of ether oxygens (including phenoxy) is 1. The van der Waals surface area contributed by atoms with Gasteiger partial charge >= 0.3 is 12.3 Å². The number of rotatable bonds is 7. The standard InChI is InChI=1S/C9H15F4NO2/c10-8(11)9(12,13)4-16-6(3-15)7(14)5-1-2-5/h5-8,15H,1-4,14H2. The molecule has 0 aromatic carbocycles. The molecular formula is C9H15F4NO2. The Hall–Kier alpha value is -0.400. The summed E-state index contributed by atoms with van der Waals surface area (Å²) in [4.78, 5) is 0. The second-order valence-corrected chi connectivity index (χ2v) is 4.01. The molecule has 0 bridgehead atoms. The topological polar surface area (TPSA) is 55.5 Å². The Bertz CT molecular complexity index is 224. The molecule has 1 saturated carbocycles. The zero-order chi connectivity index (χ0) is 12.3. The Morgan fingerprint density at radius 3 is 2.31 bits per heavy atom. The zero-order valence-corrected chi connectivity index (χ0v) is 8.58. The van der Waals surface area contributed by atoms with E-state index in [1.54, 1.807) is 0 Å². The predicted octanol–water partition coefficient (Wildman–Crippen LogP) is 1.00. The van der Waals surface area contributed by atoms with Crippen LogP contribution < -0.4 is 5.73 Å². The summed E-state index contributed by atoms with van der Waals surface area (Å²) in [6.07, 6.45) is -3.07. The van der Waals surface area contributed by atoms with Crippen molar-refractivity contribution < 1.29 is 27.4 Å². The van der Waals surface area contributed by atoms with E-state index in [1.165, 1.54) is 0 Å². The molecule has 1 aliphatic rings. The van der Waals surface area contributed by atoms with Crippen molar-refractivity contribution >= 4 is 0 Å². The monoisotopic (exact) mass is 245 g/mol. The summed E-state index contributed by atoms with van der Waals surface area (Å²) < 4.78 is 53.3. The Morgan fingerprint density at radius 2 is 1.94 bits per heavy atom. The number of hydrogen-bond donors (Lipinski definition) is 2. The molecular weight excluding hydrogens is 230 g/mol. The lowest BCUT2D eigenvalue weighted by atomic mass is 10.1. The highest BCUT2D eigenvalue weighted by Crippen LogP contribution is 2.34. The highest BCUT2D eigenvalue weighted by Gasteiger charge is 2.43. The maximum atomic E-state index is 12.5. The fourth-order valence-corrected chi connectivity index (χ4v) is 1.35. The SMILES string of the molecule is NC(C1CC1)C(CO)OCC(F)(F)C(F)F. The molecule has 3 N–H and O–H groups in total. The van der Waals surface area contributed by atoms with Crippen molar-refractivity contribution in [2.45, 2.75) is 37.3 Å². The summed E-state index contributed by atoms with van der Waals surface area (Å²) >= 11 is 0. The van der Waals surface area contributed by atoms with Crippen molar-refractivity contribution in [3.8, 4) is 0 Å². The first kappa shape index (κ1) is 13.7. The van der Waals surface area contributed by atoms with E-state index in [0.29, 0.717) is 0 Å². The van der Waals surface area contributed by atoms with Gasteiger partial charge in [0.05, 0.1) is 12.7 Å². The van der Waals surface area contributed by atoms with E-state index in [0.717, 1.165) is 12.8 Å². The summed E-state index contributed by atoms with van der Waals surface area (Å²) in [6.45, 7) is -1.96. The second kappa shape index (κ2) is 5.29. The highest BCUT2D eigenvalue weighted by molar-refractivity contribution is 4.89. The molecule has 3 nitrogen and oxygen atoms in total. The minimum Gasteiger partial charge on any atom is -0.394 e. The van der Waals surface area contributed by atoms with E-state index >= 15 is 0 Å². The van der Waals surface area contributed by atoms with E-state index in [1.807, 2.05) is 0 Å². The third-order valence-corrected chi connectivity index (χ3v) is 2.58. The second-order valence-electron chi connectivity index (χ2n) is 4.01. The minimum absolute atomic E-state index is 0.136.